The van der Waals surface area contributed by atoms with Crippen molar-refractivity contribution < 1.29 is 5.11 Å². The molecular weight excluding hydrogens is 234 g/mol. The van der Waals surface area contributed by atoms with E-state index >= 15 is 0 Å². The monoisotopic (exact) mass is 253 g/mol. The van der Waals surface area contributed by atoms with E-state index in [1.807, 2.05) is 6.92 Å². The summed E-state index contributed by atoms with van der Waals surface area (Å²) in [5.74, 6) is 0.506. The van der Waals surface area contributed by atoms with Crippen LogP contribution in [0, 0.1) is 12.8 Å². The van der Waals surface area contributed by atoms with Gasteiger partial charge in [-0.3, -0.25) is 4.40 Å². The van der Waals surface area contributed by atoms with Crippen LogP contribution in [0.2, 0.25) is 0 Å². The van der Waals surface area contributed by atoms with E-state index in [1.54, 1.807) is 11.3 Å². The first kappa shape index (κ1) is 12.5. The second-order valence-corrected chi connectivity index (χ2v) is 5.32. The first-order valence-electron chi connectivity index (χ1n) is 5.95. The lowest BCUT2D eigenvalue weighted by molar-refractivity contribution is 0.260. The minimum atomic E-state index is 0.267. The van der Waals surface area contributed by atoms with Crippen molar-refractivity contribution in [3.05, 3.63) is 23.0 Å². The minimum absolute atomic E-state index is 0.267. The van der Waals surface area contributed by atoms with Gasteiger partial charge in [0.05, 0.1) is 11.4 Å². The lowest BCUT2D eigenvalue weighted by Gasteiger charge is -2.10. The average Bonchev–Trinajstić information content (AvgIpc) is 2.82. The number of aromatic nitrogens is 2. The molecule has 4 nitrogen and oxygen atoms in total. The number of aryl methyl sites for hydroxylation is 1. The number of aliphatic hydroxyl groups excluding tert-OH is 1. The molecule has 0 aliphatic carbocycles. The highest BCUT2D eigenvalue weighted by molar-refractivity contribution is 7.15. The number of aliphatic hydroxyl groups is 1. The van der Waals surface area contributed by atoms with Crippen molar-refractivity contribution in [2.75, 3.05) is 13.2 Å². The van der Waals surface area contributed by atoms with Crippen molar-refractivity contribution in [1.29, 1.82) is 0 Å². The number of nitrogens with zero attached hydrogens (tertiary/aromatic N) is 2. The van der Waals surface area contributed by atoms with E-state index in [2.05, 4.69) is 33.2 Å². The van der Waals surface area contributed by atoms with E-state index in [-0.39, 0.29) is 6.61 Å². The molecule has 0 spiro atoms. The number of thiazole rings is 1. The fourth-order valence-corrected chi connectivity index (χ4v) is 2.69. The van der Waals surface area contributed by atoms with Crippen LogP contribution < -0.4 is 5.32 Å². The summed E-state index contributed by atoms with van der Waals surface area (Å²) in [6, 6.07) is 0. The van der Waals surface area contributed by atoms with Crippen molar-refractivity contribution in [2.24, 2.45) is 5.92 Å². The summed E-state index contributed by atoms with van der Waals surface area (Å²) < 4.78 is 2.14. The highest BCUT2D eigenvalue weighted by atomic mass is 32.1. The second-order valence-electron chi connectivity index (χ2n) is 4.45. The predicted molar refractivity (Wildman–Crippen MR) is 70.4 cm³/mol. The highest BCUT2D eigenvalue weighted by Gasteiger charge is 2.09. The maximum absolute atomic E-state index is 8.84. The Morgan fingerprint density at radius 2 is 2.41 bits per heavy atom. The van der Waals surface area contributed by atoms with Gasteiger partial charge in [-0.1, -0.05) is 6.92 Å². The molecule has 2 N–H and O–H groups in total. The lowest BCUT2D eigenvalue weighted by atomic mass is 10.1. The maximum atomic E-state index is 8.84. The van der Waals surface area contributed by atoms with Crippen LogP contribution in [-0.4, -0.2) is 27.6 Å². The van der Waals surface area contributed by atoms with E-state index in [4.69, 9.17) is 5.11 Å². The molecule has 1 unspecified atom stereocenters. The number of rotatable bonds is 6. The summed E-state index contributed by atoms with van der Waals surface area (Å²) in [4.78, 5) is 5.57. The summed E-state index contributed by atoms with van der Waals surface area (Å²) in [7, 11) is 0. The fourth-order valence-electron chi connectivity index (χ4n) is 1.91. The van der Waals surface area contributed by atoms with Crippen LogP contribution in [0.15, 0.2) is 11.6 Å². The largest absolute Gasteiger partial charge is 0.396 e. The number of imidazole rings is 1. The van der Waals surface area contributed by atoms with E-state index < -0.39 is 0 Å². The van der Waals surface area contributed by atoms with Gasteiger partial charge in [0.2, 0.25) is 0 Å². The van der Waals surface area contributed by atoms with Crippen molar-refractivity contribution in [1.82, 2.24) is 14.7 Å². The first-order valence-corrected chi connectivity index (χ1v) is 6.83. The van der Waals surface area contributed by atoms with Crippen LogP contribution in [0.1, 0.15) is 24.7 Å². The Kier molecular flexibility index (Phi) is 4.15. The molecule has 0 aromatic carbocycles. The topological polar surface area (TPSA) is 49.6 Å². The van der Waals surface area contributed by atoms with E-state index in [1.165, 1.54) is 5.69 Å². The molecule has 0 amide bonds. The van der Waals surface area contributed by atoms with Gasteiger partial charge in [-0.25, -0.2) is 4.98 Å². The standard InChI is InChI=1S/C12H19N3OS/c1-9(3-5-16)7-13-8-11-10(2)14-12-15(11)4-6-17-12/h4,6,9,13,16H,3,5,7-8H2,1-2H3. The molecule has 0 saturated heterocycles. The van der Waals surface area contributed by atoms with Gasteiger partial charge in [0.1, 0.15) is 0 Å². The number of fused-ring (bicyclic) bond motifs is 1. The Morgan fingerprint density at radius 1 is 1.59 bits per heavy atom. The highest BCUT2D eigenvalue weighted by Crippen LogP contribution is 2.16. The number of nitrogens with one attached hydrogen (secondary N) is 1. The van der Waals surface area contributed by atoms with Crippen LogP contribution in [0.25, 0.3) is 4.96 Å². The zero-order valence-electron chi connectivity index (χ0n) is 10.3. The van der Waals surface area contributed by atoms with Crippen LogP contribution in [0.5, 0.6) is 0 Å². The molecule has 0 aliphatic heterocycles. The molecule has 2 aromatic heterocycles. The van der Waals surface area contributed by atoms with Gasteiger partial charge in [0, 0.05) is 24.7 Å². The minimum Gasteiger partial charge on any atom is -0.396 e. The summed E-state index contributed by atoms with van der Waals surface area (Å²) in [6.07, 6.45) is 2.92. The molecule has 0 bridgehead atoms. The van der Waals surface area contributed by atoms with Crippen LogP contribution >= 0.6 is 11.3 Å². The van der Waals surface area contributed by atoms with Gasteiger partial charge >= 0.3 is 0 Å². The van der Waals surface area contributed by atoms with Gasteiger partial charge in [-0.15, -0.1) is 11.3 Å². The lowest BCUT2D eigenvalue weighted by Crippen LogP contribution is -2.22. The molecule has 2 aromatic rings. The Bertz CT molecular complexity index is 477. The Morgan fingerprint density at radius 3 is 3.18 bits per heavy atom. The molecule has 94 valence electrons. The van der Waals surface area contributed by atoms with E-state index in [9.17, 15) is 0 Å². The van der Waals surface area contributed by atoms with Gasteiger partial charge in [-0.2, -0.15) is 0 Å². The van der Waals surface area contributed by atoms with Crippen molar-refractivity contribution >= 4 is 16.3 Å². The van der Waals surface area contributed by atoms with Crippen LogP contribution in [-0.2, 0) is 6.54 Å². The van der Waals surface area contributed by atoms with Crippen molar-refractivity contribution in [3.8, 4) is 0 Å². The molecule has 17 heavy (non-hydrogen) atoms. The SMILES string of the molecule is Cc1nc2sccn2c1CNCC(C)CCO. The smallest absolute Gasteiger partial charge is 0.194 e. The number of hydrogen-bond acceptors (Lipinski definition) is 4. The second kappa shape index (κ2) is 5.62. The Labute approximate surface area is 105 Å². The van der Waals surface area contributed by atoms with Gasteiger partial charge in [-0.05, 0) is 25.8 Å². The summed E-state index contributed by atoms with van der Waals surface area (Å²) in [6.45, 7) is 6.22. The molecular formula is C12H19N3OS. The van der Waals surface area contributed by atoms with Crippen molar-refractivity contribution in [3.63, 3.8) is 0 Å². The van der Waals surface area contributed by atoms with Gasteiger partial charge in [0.15, 0.2) is 4.96 Å². The third-order valence-corrected chi connectivity index (χ3v) is 3.72. The molecule has 1 atom stereocenters. The third kappa shape index (κ3) is 2.86. The summed E-state index contributed by atoms with van der Waals surface area (Å²) >= 11 is 1.66. The molecule has 2 heterocycles. The van der Waals surface area contributed by atoms with E-state index in [0.29, 0.717) is 5.92 Å². The Hall–Kier alpha value is -0.910. The molecule has 0 radical (unpaired) electrons. The number of hydrogen-bond donors (Lipinski definition) is 2. The summed E-state index contributed by atoms with van der Waals surface area (Å²) in [5.41, 5.74) is 2.33. The normalized spacial score (nSPS) is 13.4. The van der Waals surface area contributed by atoms with Gasteiger partial charge in [0.25, 0.3) is 0 Å². The average molecular weight is 253 g/mol. The fraction of sp³-hybridized carbons (Fsp3) is 0.583. The molecule has 0 saturated carbocycles. The first-order chi connectivity index (χ1) is 8.22. The van der Waals surface area contributed by atoms with Gasteiger partial charge < -0.3 is 10.4 Å². The maximum Gasteiger partial charge on any atom is 0.194 e. The zero-order valence-corrected chi connectivity index (χ0v) is 11.1. The van der Waals surface area contributed by atoms with Crippen molar-refractivity contribution in [2.45, 2.75) is 26.8 Å². The summed E-state index contributed by atoms with van der Waals surface area (Å²) in [5, 5.41) is 14.3. The van der Waals surface area contributed by atoms with Crippen LogP contribution in [0.4, 0.5) is 0 Å². The predicted octanol–water partition coefficient (Wildman–Crippen LogP) is 1.81. The third-order valence-electron chi connectivity index (χ3n) is 2.97. The molecule has 0 fully saturated rings. The van der Waals surface area contributed by atoms with E-state index in [0.717, 1.165) is 30.2 Å². The molecule has 0 aliphatic rings. The quantitative estimate of drug-likeness (QED) is 0.825. The van der Waals surface area contributed by atoms with Crippen LogP contribution in [0.3, 0.4) is 0 Å². The molecule has 5 heteroatoms. The Balaban J connectivity index is 1.94. The molecule has 2 rings (SSSR count). The zero-order chi connectivity index (χ0) is 12.3.